The van der Waals surface area contributed by atoms with E-state index in [1.165, 1.54) is 11.3 Å². The number of phenolic OH excluding ortho intramolecular Hbond substituents is 1. The number of rotatable bonds is 3. The Kier molecular flexibility index (Phi) is 4.12. The maximum absolute atomic E-state index is 12.6. The standard InChI is InChI=1S/C18H16N2O2S/c1-11-8-9-14(15(21)10-11)20-18(22)17-16(19-12(2)23-17)13-6-4-3-5-7-13/h3-10,21H,1-2H3,(H,20,22). The molecule has 0 saturated carbocycles. The lowest BCUT2D eigenvalue weighted by Gasteiger charge is -2.08. The number of aromatic hydroxyl groups is 1. The first kappa shape index (κ1) is 15.2. The van der Waals surface area contributed by atoms with Crippen LogP contribution in [0.3, 0.4) is 0 Å². The molecule has 0 atom stereocenters. The summed E-state index contributed by atoms with van der Waals surface area (Å²) in [6.07, 6.45) is 0. The van der Waals surface area contributed by atoms with Crippen LogP contribution in [-0.4, -0.2) is 16.0 Å². The van der Waals surface area contributed by atoms with E-state index in [0.29, 0.717) is 16.3 Å². The van der Waals surface area contributed by atoms with Gasteiger partial charge >= 0.3 is 0 Å². The summed E-state index contributed by atoms with van der Waals surface area (Å²) in [6, 6.07) is 14.8. The minimum Gasteiger partial charge on any atom is -0.506 e. The van der Waals surface area contributed by atoms with Gasteiger partial charge in [-0.25, -0.2) is 4.98 Å². The van der Waals surface area contributed by atoms with Crippen LogP contribution in [-0.2, 0) is 0 Å². The van der Waals surface area contributed by atoms with Gasteiger partial charge in [0.2, 0.25) is 0 Å². The van der Waals surface area contributed by atoms with Crippen LogP contribution in [0.1, 0.15) is 20.2 Å². The topological polar surface area (TPSA) is 62.2 Å². The Balaban J connectivity index is 1.94. The number of nitrogens with one attached hydrogen (secondary N) is 1. The van der Waals surface area contributed by atoms with Crippen LogP contribution in [0.15, 0.2) is 48.5 Å². The van der Waals surface area contributed by atoms with Gasteiger partial charge in [-0.1, -0.05) is 36.4 Å². The molecular weight excluding hydrogens is 308 g/mol. The molecule has 2 aromatic carbocycles. The highest BCUT2D eigenvalue weighted by Gasteiger charge is 2.19. The molecule has 2 N–H and O–H groups in total. The van der Waals surface area contributed by atoms with Gasteiger partial charge in [-0.2, -0.15) is 0 Å². The normalized spacial score (nSPS) is 10.5. The highest BCUT2D eigenvalue weighted by molar-refractivity contribution is 7.14. The summed E-state index contributed by atoms with van der Waals surface area (Å²) in [5.41, 5.74) is 2.89. The van der Waals surface area contributed by atoms with Crippen LogP contribution in [0.5, 0.6) is 5.75 Å². The predicted molar refractivity (Wildman–Crippen MR) is 93.1 cm³/mol. The number of phenols is 1. The predicted octanol–water partition coefficient (Wildman–Crippen LogP) is 4.38. The molecule has 1 amide bonds. The Morgan fingerprint density at radius 3 is 2.57 bits per heavy atom. The number of hydrogen-bond donors (Lipinski definition) is 2. The molecule has 23 heavy (non-hydrogen) atoms. The van der Waals surface area contributed by atoms with Crippen LogP contribution in [0.25, 0.3) is 11.3 Å². The van der Waals surface area contributed by atoms with Gasteiger partial charge in [0.05, 0.1) is 16.4 Å². The van der Waals surface area contributed by atoms with Crippen molar-refractivity contribution in [1.82, 2.24) is 4.98 Å². The Bertz CT molecular complexity index is 857. The highest BCUT2D eigenvalue weighted by Crippen LogP contribution is 2.30. The molecule has 4 nitrogen and oxygen atoms in total. The maximum Gasteiger partial charge on any atom is 0.268 e. The summed E-state index contributed by atoms with van der Waals surface area (Å²) in [6.45, 7) is 3.75. The number of amides is 1. The molecule has 0 spiro atoms. The van der Waals surface area contributed by atoms with E-state index in [1.54, 1.807) is 12.1 Å². The van der Waals surface area contributed by atoms with E-state index in [-0.39, 0.29) is 11.7 Å². The summed E-state index contributed by atoms with van der Waals surface area (Å²) in [4.78, 5) is 17.6. The number of anilines is 1. The fourth-order valence-corrected chi connectivity index (χ4v) is 3.14. The zero-order chi connectivity index (χ0) is 16.4. The molecule has 0 radical (unpaired) electrons. The zero-order valence-electron chi connectivity index (χ0n) is 12.8. The number of hydrogen-bond acceptors (Lipinski definition) is 4. The van der Waals surface area contributed by atoms with E-state index in [1.807, 2.05) is 50.2 Å². The first-order valence-electron chi connectivity index (χ1n) is 7.18. The number of carbonyl (C=O) groups is 1. The van der Waals surface area contributed by atoms with Gasteiger partial charge < -0.3 is 10.4 Å². The third kappa shape index (κ3) is 3.24. The fraction of sp³-hybridized carbons (Fsp3) is 0.111. The lowest BCUT2D eigenvalue weighted by molar-refractivity contribution is 0.103. The lowest BCUT2D eigenvalue weighted by Crippen LogP contribution is -2.11. The highest BCUT2D eigenvalue weighted by atomic mass is 32.1. The summed E-state index contributed by atoms with van der Waals surface area (Å²) in [7, 11) is 0. The molecule has 0 unspecified atom stereocenters. The molecule has 1 aromatic heterocycles. The molecule has 5 heteroatoms. The second kappa shape index (κ2) is 6.22. The van der Waals surface area contributed by atoms with E-state index in [0.717, 1.165) is 16.1 Å². The molecule has 0 fully saturated rings. The second-order valence-electron chi connectivity index (χ2n) is 5.25. The second-order valence-corrected chi connectivity index (χ2v) is 6.45. The number of nitrogens with zero attached hydrogens (tertiary/aromatic N) is 1. The van der Waals surface area contributed by atoms with Gasteiger partial charge in [-0.15, -0.1) is 11.3 Å². The van der Waals surface area contributed by atoms with E-state index in [9.17, 15) is 9.90 Å². The number of aryl methyl sites for hydroxylation is 2. The molecule has 116 valence electrons. The summed E-state index contributed by atoms with van der Waals surface area (Å²) in [5, 5.41) is 13.5. The van der Waals surface area contributed by atoms with E-state index < -0.39 is 0 Å². The van der Waals surface area contributed by atoms with E-state index >= 15 is 0 Å². The molecular formula is C18H16N2O2S. The Hall–Kier alpha value is -2.66. The summed E-state index contributed by atoms with van der Waals surface area (Å²) in [5.74, 6) is -0.213. The Morgan fingerprint density at radius 2 is 1.87 bits per heavy atom. The molecule has 1 heterocycles. The first-order valence-corrected chi connectivity index (χ1v) is 8.00. The van der Waals surface area contributed by atoms with Gasteiger partial charge in [0.15, 0.2) is 0 Å². The molecule has 0 aliphatic carbocycles. The minimum atomic E-state index is -0.270. The van der Waals surface area contributed by atoms with Crippen LogP contribution < -0.4 is 5.32 Å². The number of benzene rings is 2. The zero-order valence-corrected chi connectivity index (χ0v) is 13.6. The molecule has 0 saturated heterocycles. The molecule has 3 rings (SSSR count). The van der Waals surface area contributed by atoms with E-state index in [4.69, 9.17) is 0 Å². The molecule has 0 bridgehead atoms. The third-order valence-corrected chi connectivity index (χ3v) is 4.36. The first-order chi connectivity index (χ1) is 11.0. The van der Waals surface area contributed by atoms with Crippen molar-refractivity contribution in [1.29, 1.82) is 0 Å². The summed E-state index contributed by atoms with van der Waals surface area (Å²) >= 11 is 1.34. The van der Waals surface area contributed by atoms with Gasteiger partial charge in [-0.05, 0) is 31.5 Å². The minimum absolute atomic E-state index is 0.0563. The SMILES string of the molecule is Cc1ccc(NC(=O)c2sc(C)nc2-c2ccccc2)c(O)c1. The maximum atomic E-state index is 12.6. The average Bonchev–Trinajstić information content (AvgIpc) is 2.93. The van der Waals surface area contributed by atoms with Gasteiger partial charge in [0.1, 0.15) is 10.6 Å². The van der Waals surface area contributed by atoms with Crippen LogP contribution in [0.2, 0.25) is 0 Å². The van der Waals surface area contributed by atoms with Crippen LogP contribution in [0.4, 0.5) is 5.69 Å². The number of aromatic nitrogens is 1. The number of thiazole rings is 1. The third-order valence-electron chi connectivity index (χ3n) is 3.39. The van der Waals surface area contributed by atoms with Gasteiger partial charge in [-0.3, -0.25) is 4.79 Å². The average molecular weight is 324 g/mol. The van der Waals surface area contributed by atoms with E-state index in [2.05, 4.69) is 10.3 Å². The van der Waals surface area contributed by atoms with Crippen molar-refractivity contribution in [3.63, 3.8) is 0 Å². The Labute approximate surface area is 138 Å². The van der Waals surface area contributed by atoms with Crippen molar-refractivity contribution in [3.8, 4) is 17.0 Å². The van der Waals surface area contributed by atoms with Crippen molar-refractivity contribution in [3.05, 3.63) is 64.0 Å². The summed E-state index contributed by atoms with van der Waals surface area (Å²) < 4.78 is 0. The van der Waals surface area contributed by atoms with Crippen molar-refractivity contribution in [2.24, 2.45) is 0 Å². The van der Waals surface area contributed by atoms with Crippen molar-refractivity contribution < 1.29 is 9.90 Å². The van der Waals surface area contributed by atoms with Gasteiger partial charge in [0, 0.05) is 5.56 Å². The fourth-order valence-electron chi connectivity index (χ4n) is 2.30. The molecule has 3 aromatic rings. The molecule has 0 aliphatic heterocycles. The largest absolute Gasteiger partial charge is 0.506 e. The monoisotopic (exact) mass is 324 g/mol. The van der Waals surface area contributed by atoms with Crippen molar-refractivity contribution in [2.45, 2.75) is 13.8 Å². The van der Waals surface area contributed by atoms with Gasteiger partial charge in [0.25, 0.3) is 5.91 Å². The number of carbonyl (C=O) groups excluding carboxylic acids is 1. The van der Waals surface area contributed by atoms with Crippen LogP contribution >= 0.6 is 11.3 Å². The van der Waals surface area contributed by atoms with Crippen molar-refractivity contribution in [2.75, 3.05) is 5.32 Å². The van der Waals surface area contributed by atoms with Crippen LogP contribution in [0, 0.1) is 13.8 Å². The smallest absolute Gasteiger partial charge is 0.268 e. The lowest BCUT2D eigenvalue weighted by atomic mass is 10.1. The Morgan fingerprint density at radius 1 is 1.13 bits per heavy atom. The van der Waals surface area contributed by atoms with Crippen molar-refractivity contribution >= 4 is 22.9 Å². The quantitative estimate of drug-likeness (QED) is 0.703. The molecule has 0 aliphatic rings.